The van der Waals surface area contributed by atoms with Gasteiger partial charge in [-0.15, -0.1) is 0 Å². The van der Waals surface area contributed by atoms with Crippen molar-refractivity contribution in [3.05, 3.63) is 29.8 Å². The molecule has 1 aliphatic heterocycles. The molecule has 1 aromatic carbocycles. The van der Waals surface area contributed by atoms with Crippen LogP contribution in [0.3, 0.4) is 0 Å². The average Bonchev–Trinajstić information content (AvgIpc) is 2.77. The maximum absolute atomic E-state index is 12.4. The molecule has 0 spiro atoms. The van der Waals surface area contributed by atoms with Gasteiger partial charge in [0, 0.05) is 43.7 Å². The third-order valence-corrected chi connectivity index (χ3v) is 6.28. The summed E-state index contributed by atoms with van der Waals surface area (Å²) in [5.41, 5.74) is 2.03. The number of carbonyl (C=O) groups excluding carboxylic acids is 2. The van der Waals surface area contributed by atoms with E-state index in [1.54, 1.807) is 0 Å². The van der Waals surface area contributed by atoms with Gasteiger partial charge in [0.2, 0.25) is 11.8 Å². The third kappa shape index (κ3) is 6.28. The highest BCUT2D eigenvalue weighted by atomic mass is 16.5. The summed E-state index contributed by atoms with van der Waals surface area (Å²) in [4.78, 5) is 27.2. The summed E-state index contributed by atoms with van der Waals surface area (Å²) in [6, 6.07) is 7.84. The summed E-state index contributed by atoms with van der Waals surface area (Å²) >= 11 is 0. The first kappa shape index (κ1) is 21.8. The molecule has 6 nitrogen and oxygen atoms in total. The van der Waals surface area contributed by atoms with Crippen LogP contribution in [0.4, 0.5) is 5.69 Å². The van der Waals surface area contributed by atoms with Gasteiger partial charge >= 0.3 is 0 Å². The lowest BCUT2D eigenvalue weighted by Crippen LogP contribution is -2.59. The van der Waals surface area contributed by atoms with Crippen LogP contribution in [0.1, 0.15) is 57.4 Å². The molecule has 1 saturated heterocycles. The van der Waals surface area contributed by atoms with Gasteiger partial charge in [0.25, 0.3) is 0 Å². The van der Waals surface area contributed by atoms with Crippen LogP contribution in [0.5, 0.6) is 0 Å². The molecule has 0 radical (unpaired) electrons. The molecular formula is C23H35N3O3. The number of anilines is 1. The Morgan fingerprint density at radius 2 is 1.79 bits per heavy atom. The van der Waals surface area contributed by atoms with Gasteiger partial charge in [-0.3, -0.25) is 14.5 Å². The molecule has 2 N–H and O–H groups in total. The molecule has 1 aromatic rings. The van der Waals surface area contributed by atoms with Gasteiger partial charge in [-0.1, -0.05) is 38.3 Å². The molecule has 2 fully saturated rings. The van der Waals surface area contributed by atoms with Crippen LogP contribution in [-0.4, -0.2) is 55.1 Å². The zero-order valence-electron chi connectivity index (χ0n) is 17.7. The second-order valence-corrected chi connectivity index (χ2v) is 8.26. The van der Waals surface area contributed by atoms with Gasteiger partial charge in [-0.05, 0) is 37.0 Å². The molecule has 0 unspecified atom stereocenters. The summed E-state index contributed by atoms with van der Waals surface area (Å²) in [6.07, 6.45) is 7.31. The van der Waals surface area contributed by atoms with Gasteiger partial charge in [-0.25, -0.2) is 0 Å². The summed E-state index contributed by atoms with van der Waals surface area (Å²) in [6.45, 7) is 6.18. The number of amides is 2. The highest BCUT2D eigenvalue weighted by Crippen LogP contribution is 2.33. The van der Waals surface area contributed by atoms with Gasteiger partial charge in [-0.2, -0.15) is 0 Å². The Morgan fingerprint density at radius 1 is 1.07 bits per heavy atom. The van der Waals surface area contributed by atoms with Gasteiger partial charge in [0.05, 0.1) is 13.2 Å². The molecule has 0 aromatic heterocycles. The van der Waals surface area contributed by atoms with Crippen LogP contribution in [0.25, 0.3) is 0 Å². The van der Waals surface area contributed by atoms with Crippen LogP contribution in [0, 0.1) is 0 Å². The molecule has 6 heteroatoms. The summed E-state index contributed by atoms with van der Waals surface area (Å²) in [7, 11) is 0. The highest BCUT2D eigenvalue weighted by molar-refractivity contribution is 5.93. The second-order valence-electron chi connectivity index (χ2n) is 8.26. The smallest absolute Gasteiger partial charge is 0.224 e. The fraction of sp³-hybridized carbons (Fsp3) is 0.652. The highest BCUT2D eigenvalue weighted by Gasteiger charge is 2.38. The number of ether oxygens (including phenoxy) is 1. The maximum atomic E-state index is 12.4. The topological polar surface area (TPSA) is 70.7 Å². The van der Waals surface area contributed by atoms with Crippen molar-refractivity contribution in [1.82, 2.24) is 10.2 Å². The van der Waals surface area contributed by atoms with Crippen LogP contribution < -0.4 is 10.6 Å². The van der Waals surface area contributed by atoms with Gasteiger partial charge in [0.15, 0.2) is 0 Å². The Hall–Kier alpha value is -1.92. The molecule has 1 heterocycles. The van der Waals surface area contributed by atoms with E-state index in [0.717, 1.165) is 51.3 Å². The number of carbonyl (C=O) groups is 2. The van der Waals surface area contributed by atoms with E-state index in [2.05, 4.69) is 22.5 Å². The number of benzene rings is 1. The van der Waals surface area contributed by atoms with Crippen molar-refractivity contribution in [2.45, 2.75) is 63.8 Å². The van der Waals surface area contributed by atoms with Crippen LogP contribution in [0.15, 0.2) is 24.3 Å². The van der Waals surface area contributed by atoms with Crippen molar-refractivity contribution in [3.8, 4) is 0 Å². The molecule has 29 heavy (non-hydrogen) atoms. The first-order chi connectivity index (χ1) is 14.1. The molecular weight excluding hydrogens is 366 g/mol. The first-order valence-electron chi connectivity index (χ1n) is 11.1. The van der Waals surface area contributed by atoms with E-state index in [0.29, 0.717) is 6.54 Å². The molecule has 1 saturated carbocycles. The number of nitrogens with zero attached hydrogens (tertiary/aromatic N) is 1. The Balaban J connectivity index is 1.45. The number of aryl methyl sites for hydroxylation is 1. The van der Waals surface area contributed by atoms with Crippen LogP contribution in [-0.2, 0) is 20.7 Å². The maximum Gasteiger partial charge on any atom is 0.224 e. The summed E-state index contributed by atoms with van der Waals surface area (Å²) < 4.78 is 5.52. The molecule has 0 bridgehead atoms. The van der Waals surface area contributed by atoms with Crippen molar-refractivity contribution in [2.75, 3.05) is 38.2 Å². The lowest BCUT2D eigenvalue weighted by Gasteiger charge is -2.48. The van der Waals surface area contributed by atoms with E-state index in [4.69, 9.17) is 4.74 Å². The Labute approximate surface area is 174 Å². The molecule has 2 amide bonds. The number of rotatable bonds is 8. The quantitative estimate of drug-likeness (QED) is 0.702. The molecule has 2 aliphatic rings. The van der Waals surface area contributed by atoms with Gasteiger partial charge in [0.1, 0.15) is 0 Å². The lowest BCUT2D eigenvalue weighted by atomic mass is 9.79. The predicted molar refractivity (Wildman–Crippen MR) is 115 cm³/mol. The monoisotopic (exact) mass is 401 g/mol. The molecule has 0 atom stereocenters. The minimum absolute atomic E-state index is 0.0410. The van der Waals surface area contributed by atoms with Crippen molar-refractivity contribution in [2.24, 2.45) is 0 Å². The van der Waals surface area contributed by atoms with Crippen molar-refractivity contribution >= 4 is 17.5 Å². The Kier molecular flexibility index (Phi) is 8.07. The summed E-state index contributed by atoms with van der Waals surface area (Å²) in [5, 5.41) is 6.02. The predicted octanol–water partition coefficient (Wildman–Crippen LogP) is 3.12. The van der Waals surface area contributed by atoms with E-state index in [1.807, 2.05) is 24.3 Å². The minimum Gasteiger partial charge on any atom is -0.379 e. The largest absolute Gasteiger partial charge is 0.379 e. The molecule has 160 valence electrons. The van der Waals surface area contributed by atoms with Crippen LogP contribution >= 0.6 is 0 Å². The van der Waals surface area contributed by atoms with Crippen molar-refractivity contribution in [3.63, 3.8) is 0 Å². The van der Waals surface area contributed by atoms with Crippen molar-refractivity contribution in [1.29, 1.82) is 0 Å². The summed E-state index contributed by atoms with van der Waals surface area (Å²) in [5.74, 6) is -0.158. The van der Waals surface area contributed by atoms with E-state index < -0.39 is 0 Å². The van der Waals surface area contributed by atoms with E-state index in [9.17, 15) is 9.59 Å². The lowest BCUT2D eigenvalue weighted by molar-refractivity contribution is -0.125. The molecule has 1 aliphatic carbocycles. The van der Waals surface area contributed by atoms with E-state index in [1.165, 1.54) is 24.8 Å². The minimum atomic E-state index is -0.117. The Bertz CT molecular complexity index is 680. The van der Waals surface area contributed by atoms with Gasteiger partial charge < -0.3 is 15.4 Å². The average molecular weight is 402 g/mol. The number of nitrogens with one attached hydrogen (secondary N) is 2. The second kappa shape index (κ2) is 10.7. The number of hydrogen-bond donors (Lipinski definition) is 2. The standard InChI is InChI=1S/C23H35N3O3/c1-2-19-7-6-8-20(17-19)25-22(28)10-9-21(27)24-18-23(11-4-3-5-12-23)26-13-15-29-16-14-26/h6-8,17H,2-5,9-16,18H2,1H3,(H,24,27)(H,25,28). The Morgan fingerprint density at radius 3 is 2.52 bits per heavy atom. The fourth-order valence-electron chi connectivity index (χ4n) is 4.52. The molecule has 3 rings (SSSR count). The van der Waals surface area contributed by atoms with Crippen molar-refractivity contribution < 1.29 is 14.3 Å². The van der Waals surface area contributed by atoms with Crippen LogP contribution in [0.2, 0.25) is 0 Å². The third-order valence-electron chi connectivity index (χ3n) is 6.28. The number of hydrogen-bond acceptors (Lipinski definition) is 4. The zero-order valence-corrected chi connectivity index (χ0v) is 17.7. The van der Waals surface area contributed by atoms with E-state index in [-0.39, 0.29) is 30.2 Å². The van der Waals surface area contributed by atoms with E-state index >= 15 is 0 Å². The normalized spacial score (nSPS) is 19.5. The zero-order chi connectivity index (χ0) is 20.5. The SMILES string of the molecule is CCc1cccc(NC(=O)CCC(=O)NCC2(N3CCOCC3)CCCCC2)c1. The fourth-order valence-corrected chi connectivity index (χ4v) is 4.52. The number of morpholine rings is 1. The first-order valence-corrected chi connectivity index (χ1v) is 11.1.